The number of nitrogens with zero attached hydrogens (tertiary/aromatic N) is 2. The van der Waals surface area contributed by atoms with E-state index in [4.69, 9.17) is 11.6 Å². The van der Waals surface area contributed by atoms with E-state index in [2.05, 4.69) is 10.3 Å². The van der Waals surface area contributed by atoms with Crippen LogP contribution in [-0.4, -0.2) is 20.7 Å². The van der Waals surface area contributed by atoms with Gasteiger partial charge in [-0.15, -0.1) is 11.3 Å². The molecule has 3 aromatic rings. The smallest absolute Gasteiger partial charge is 0.263 e. The molecule has 0 saturated heterocycles. The molecule has 2 aromatic heterocycles. The average Bonchev–Trinajstić information content (AvgIpc) is 2.91. The van der Waals surface area contributed by atoms with Crippen molar-refractivity contribution < 1.29 is 4.79 Å². The van der Waals surface area contributed by atoms with Gasteiger partial charge in [-0.05, 0) is 57.5 Å². The summed E-state index contributed by atoms with van der Waals surface area (Å²) in [6.07, 6.45) is 0. The van der Waals surface area contributed by atoms with Crippen LogP contribution >= 0.6 is 34.7 Å². The minimum Gasteiger partial charge on any atom is -0.325 e. The lowest BCUT2D eigenvalue weighted by Crippen LogP contribution is -2.26. The third-order valence-corrected chi connectivity index (χ3v) is 6.78. The number of thioether (sulfide) groups is 1. The molecule has 0 aliphatic carbocycles. The summed E-state index contributed by atoms with van der Waals surface area (Å²) in [6.45, 7) is 8.16. The molecule has 1 unspecified atom stereocenters. The molecule has 0 saturated carbocycles. The normalized spacial score (nSPS) is 12.3. The van der Waals surface area contributed by atoms with Gasteiger partial charge in [0.15, 0.2) is 5.16 Å². The molecule has 8 heteroatoms. The van der Waals surface area contributed by atoms with Crippen molar-refractivity contribution in [2.75, 3.05) is 5.32 Å². The largest absolute Gasteiger partial charge is 0.325 e. The highest BCUT2D eigenvalue weighted by atomic mass is 35.5. The first-order valence-corrected chi connectivity index (χ1v) is 10.6. The Balaban J connectivity index is 1.87. The number of benzene rings is 1. The van der Waals surface area contributed by atoms with Gasteiger partial charge in [0.2, 0.25) is 5.91 Å². The van der Waals surface area contributed by atoms with E-state index >= 15 is 0 Å². The van der Waals surface area contributed by atoms with E-state index in [0.29, 0.717) is 27.8 Å². The van der Waals surface area contributed by atoms with Crippen LogP contribution in [0.15, 0.2) is 34.2 Å². The summed E-state index contributed by atoms with van der Waals surface area (Å²) in [5.74, 6) is -0.155. The van der Waals surface area contributed by atoms with Gasteiger partial charge in [-0.3, -0.25) is 14.2 Å². The van der Waals surface area contributed by atoms with Crippen LogP contribution in [0.25, 0.3) is 10.2 Å². The van der Waals surface area contributed by atoms with Crippen LogP contribution in [0.4, 0.5) is 5.69 Å². The predicted molar refractivity (Wildman–Crippen MR) is 114 cm³/mol. The molecular weight excluding hydrogens is 402 g/mol. The molecule has 1 amide bonds. The van der Waals surface area contributed by atoms with Gasteiger partial charge in [0, 0.05) is 22.1 Å². The Hall–Kier alpha value is -1.83. The maximum Gasteiger partial charge on any atom is 0.263 e. The van der Waals surface area contributed by atoms with E-state index in [1.165, 1.54) is 23.1 Å². The number of thiophene rings is 1. The number of halogens is 1. The summed E-state index contributed by atoms with van der Waals surface area (Å²) < 4.78 is 1.64. The van der Waals surface area contributed by atoms with Gasteiger partial charge in [0.1, 0.15) is 4.83 Å². The van der Waals surface area contributed by atoms with Crippen molar-refractivity contribution in [1.29, 1.82) is 0 Å². The Morgan fingerprint density at radius 3 is 2.63 bits per heavy atom. The Morgan fingerprint density at radius 2 is 2.00 bits per heavy atom. The standard InChI is InChI=1S/C19H20ClN3O2S2/c1-5-23-18(25)15-10(2)11(3)26-17(15)22-19(23)27-12(4)16(24)21-14-8-6-13(20)7-9-14/h6-9,12H,5H2,1-4H3,(H,21,24). The van der Waals surface area contributed by atoms with Gasteiger partial charge < -0.3 is 5.32 Å². The number of aromatic nitrogens is 2. The van der Waals surface area contributed by atoms with Gasteiger partial charge >= 0.3 is 0 Å². The second-order valence-electron chi connectivity index (χ2n) is 6.16. The fourth-order valence-electron chi connectivity index (χ4n) is 2.67. The number of anilines is 1. The highest BCUT2D eigenvalue weighted by molar-refractivity contribution is 8.00. The van der Waals surface area contributed by atoms with Crippen molar-refractivity contribution in [3.05, 3.63) is 50.1 Å². The molecule has 0 bridgehead atoms. The molecule has 0 spiro atoms. The quantitative estimate of drug-likeness (QED) is 0.471. The van der Waals surface area contributed by atoms with E-state index in [9.17, 15) is 9.59 Å². The molecule has 0 fully saturated rings. The molecule has 27 heavy (non-hydrogen) atoms. The summed E-state index contributed by atoms with van der Waals surface area (Å²) in [6, 6.07) is 6.95. The first kappa shape index (κ1) is 19.9. The third-order valence-electron chi connectivity index (χ3n) is 4.33. The number of nitrogens with one attached hydrogen (secondary N) is 1. The lowest BCUT2D eigenvalue weighted by atomic mass is 10.2. The maximum atomic E-state index is 12.9. The average molecular weight is 422 g/mol. The molecule has 1 N–H and O–H groups in total. The number of aryl methyl sites for hydroxylation is 2. The molecule has 1 aromatic carbocycles. The monoisotopic (exact) mass is 421 g/mol. The first-order valence-electron chi connectivity index (χ1n) is 8.55. The number of amides is 1. The van der Waals surface area contributed by atoms with Crippen LogP contribution < -0.4 is 10.9 Å². The topological polar surface area (TPSA) is 64.0 Å². The summed E-state index contributed by atoms with van der Waals surface area (Å²) in [5.41, 5.74) is 1.62. The summed E-state index contributed by atoms with van der Waals surface area (Å²) >= 11 is 8.68. The van der Waals surface area contributed by atoms with Crippen molar-refractivity contribution >= 4 is 56.5 Å². The number of hydrogen-bond acceptors (Lipinski definition) is 5. The van der Waals surface area contributed by atoms with Crippen molar-refractivity contribution in [3.63, 3.8) is 0 Å². The van der Waals surface area contributed by atoms with Crippen LogP contribution in [0.2, 0.25) is 5.02 Å². The molecule has 1 atom stereocenters. The fourth-order valence-corrected chi connectivity index (χ4v) is 4.84. The minimum absolute atomic E-state index is 0.0443. The van der Waals surface area contributed by atoms with Gasteiger partial charge in [0.05, 0.1) is 10.6 Å². The third kappa shape index (κ3) is 4.05. The Labute approximate surface area is 170 Å². The highest BCUT2D eigenvalue weighted by Crippen LogP contribution is 2.30. The van der Waals surface area contributed by atoms with Gasteiger partial charge in [-0.1, -0.05) is 23.4 Å². The zero-order valence-corrected chi connectivity index (χ0v) is 17.9. The van der Waals surface area contributed by atoms with Crippen molar-refractivity contribution in [3.8, 4) is 0 Å². The molecule has 3 rings (SSSR count). The second kappa shape index (κ2) is 8.04. The first-order chi connectivity index (χ1) is 12.8. The number of rotatable bonds is 5. The number of hydrogen-bond donors (Lipinski definition) is 1. The van der Waals surface area contributed by atoms with Gasteiger partial charge in [-0.25, -0.2) is 4.98 Å². The van der Waals surface area contributed by atoms with Crippen LogP contribution in [-0.2, 0) is 11.3 Å². The van der Waals surface area contributed by atoms with Crippen LogP contribution in [0.1, 0.15) is 24.3 Å². The Morgan fingerprint density at radius 1 is 1.33 bits per heavy atom. The zero-order valence-electron chi connectivity index (χ0n) is 15.5. The van der Waals surface area contributed by atoms with Gasteiger partial charge in [0.25, 0.3) is 5.56 Å². The Kier molecular flexibility index (Phi) is 5.93. The van der Waals surface area contributed by atoms with E-state index in [1.54, 1.807) is 35.8 Å². The fraction of sp³-hybridized carbons (Fsp3) is 0.316. The van der Waals surface area contributed by atoms with Gasteiger partial charge in [-0.2, -0.15) is 0 Å². The molecule has 0 radical (unpaired) electrons. The molecule has 0 aliphatic heterocycles. The second-order valence-corrected chi connectivity index (χ2v) is 9.11. The number of fused-ring (bicyclic) bond motifs is 1. The number of carbonyl (C=O) groups is 1. The van der Waals surface area contributed by atoms with E-state index in [1.807, 2.05) is 20.8 Å². The van der Waals surface area contributed by atoms with E-state index < -0.39 is 5.25 Å². The molecular formula is C19H20ClN3O2S2. The lowest BCUT2D eigenvalue weighted by Gasteiger charge is -2.15. The molecule has 142 valence electrons. The van der Waals surface area contributed by atoms with E-state index in [-0.39, 0.29) is 11.5 Å². The van der Waals surface area contributed by atoms with Crippen LogP contribution in [0.5, 0.6) is 0 Å². The summed E-state index contributed by atoms with van der Waals surface area (Å²) in [4.78, 5) is 31.9. The van der Waals surface area contributed by atoms with Crippen molar-refractivity contribution in [2.45, 2.75) is 44.6 Å². The summed E-state index contributed by atoms with van der Waals surface area (Å²) in [5, 5.41) is 4.31. The Bertz CT molecular complexity index is 1060. The van der Waals surface area contributed by atoms with Crippen molar-refractivity contribution in [1.82, 2.24) is 9.55 Å². The molecule has 5 nitrogen and oxygen atoms in total. The lowest BCUT2D eigenvalue weighted by molar-refractivity contribution is -0.115. The molecule has 0 aliphatic rings. The highest BCUT2D eigenvalue weighted by Gasteiger charge is 2.21. The van der Waals surface area contributed by atoms with E-state index in [0.717, 1.165) is 15.3 Å². The van der Waals surface area contributed by atoms with Crippen molar-refractivity contribution in [2.24, 2.45) is 0 Å². The number of carbonyl (C=O) groups excluding carboxylic acids is 1. The van der Waals surface area contributed by atoms with Crippen LogP contribution in [0, 0.1) is 13.8 Å². The van der Waals surface area contributed by atoms with Crippen LogP contribution in [0.3, 0.4) is 0 Å². The zero-order chi connectivity index (χ0) is 19.7. The molecule has 2 heterocycles. The summed E-state index contributed by atoms with van der Waals surface area (Å²) in [7, 11) is 0. The predicted octanol–water partition coefficient (Wildman–Crippen LogP) is 4.87. The SMILES string of the molecule is CCn1c(SC(C)C(=O)Nc2ccc(Cl)cc2)nc2sc(C)c(C)c2c1=O. The minimum atomic E-state index is -0.412. The maximum absolute atomic E-state index is 12.9.